The van der Waals surface area contributed by atoms with Gasteiger partial charge in [-0.15, -0.1) is 0 Å². The summed E-state index contributed by atoms with van der Waals surface area (Å²) in [5.74, 6) is -0.746. The summed E-state index contributed by atoms with van der Waals surface area (Å²) in [6, 6.07) is 0.837. The molecule has 6 nitrogen and oxygen atoms in total. The Balaban J connectivity index is 0.000000281. The first-order valence-electron chi connectivity index (χ1n) is 10.7. The first kappa shape index (κ1) is 25.1. The van der Waals surface area contributed by atoms with Gasteiger partial charge in [0.1, 0.15) is 11.6 Å². The number of hydrogen-bond donors (Lipinski definition) is 3. The van der Waals surface area contributed by atoms with Gasteiger partial charge in [0.25, 0.3) is 0 Å². The fraction of sp³-hybridized carbons (Fsp3) is 0.905. The van der Waals surface area contributed by atoms with Crippen LogP contribution >= 0.6 is 11.8 Å². The van der Waals surface area contributed by atoms with Crippen LogP contribution in [0.15, 0.2) is 0 Å². The second-order valence-corrected chi connectivity index (χ2v) is 9.74. The summed E-state index contributed by atoms with van der Waals surface area (Å²) in [6.07, 6.45) is 15.6. The molecule has 164 valence electrons. The zero-order valence-corrected chi connectivity index (χ0v) is 18.9. The molecule has 3 N–H and O–H groups in total. The molecule has 0 bridgehead atoms. The topological polar surface area (TPSA) is 87.7 Å². The molecule has 0 radical (unpaired) electrons. The van der Waals surface area contributed by atoms with Gasteiger partial charge in [-0.1, -0.05) is 38.5 Å². The highest BCUT2D eigenvalue weighted by atomic mass is 32.2. The first-order chi connectivity index (χ1) is 13.2. The maximum absolute atomic E-state index is 11.2. The number of carboxylic acids is 1. The van der Waals surface area contributed by atoms with E-state index < -0.39 is 23.7 Å². The maximum Gasteiger partial charge on any atom is 0.408 e. The smallest absolute Gasteiger partial charge is 0.408 e. The molecule has 2 aliphatic rings. The van der Waals surface area contributed by atoms with E-state index >= 15 is 0 Å². The Bertz CT molecular complexity index is 440. The summed E-state index contributed by atoms with van der Waals surface area (Å²) in [5, 5.41) is 14.9. The van der Waals surface area contributed by atoms with Crippen molar-refractivity contribution in [3.05, 3.63) is 0 Å². The fourth-order valence-electron chi connectivity index (χ4n) is 3.66. The quantitative estimate of drug-likeness (QED) is 0.588. The van der Waals surface area contributed by atoms with Gasteiger partial charge in [-0.2, -0.15) is 11.8 Å². The van der Waals surface area contributed by atoms with E-state index in [1.807, 2.05) is 0 Å². The molecule has 0 aliphatic heterocycles. The van der Waals surface area contributed by atoms with Crippen LogP contribution in [0.25, 0.3) is 0 Å². The molecule has 7 heteroatoms. The lowest BCUT2D eigenvalue weighted by Crippen LogP contribution is -2.44. The molecule has 0 spiro atoms. The number of nitrogens with one attached hydrogen (secondary N) is 2. The minimum atomic E-state index is -1.06. The average Bonchev–Trinajstić information content (AvgIpc) is 2.62. The van der Waals surface area contributed by atoms with E-state index in [4.69, 9.17) is 9.84 Å². The summed E-state index contributed by atoms with van der Waals surface area (Å²) in [6.45, 7) is 5.16. The van der Waals surface area contributed by atoms with Crippen LogP contribution in [-0.4, -0.2) is 52.9 Å². The number of carboxylic acid groups (broad SMARTS) is 1. The summed E-state index contributed by atoms with van der Waals surface area (Å²) in [4.78, 5) is 21.9. The highest BCUT2D eigenvalue weighted by molar-refractivity contribution is 7.98. The third-order valence-electron chi connectivity index (χ3n) is 5.00. The molecule has 2 saturated carbocycles. The lowest BCUT2D eigenvalue weighted by atomic mass is 9.91. The number of alkyl carbamates (subject to hydrolysis) is 1. The standard InChI is InChI=1S/C12H23N.C9H17NO4S/c1-3-7-11(8-4-1)13-12-9-5-2-6-10-12;1-9(2,3)14-8(13)10-6(5-15-4)7(11)12/h11-13H,1-10H2;6H,5H2,1-4H3,(H,10,13)(H,11,12). The second-order valence-electron chi connectivity index (χ2n) is 8.83. The molecule has 0 aromatic heterocycles. The Morgan fingerprint density at radius 1 is 1.00 bits per heavy atom. The van der Waals surface area contributed by atoms with Gasteiger partial charge in [-0.25, -0.2) is 9.59 Å². The van der Waals surface area contributed by atoms with Crippen LogP contribution in [0.3, 0.4) is 0 Å². The van der Waals surface area contributed by atoms with Gasteiger partial charge < -0.3 is 20.5 Å². The predicted octanol–water partition coefficient (Wildman–Crippen LogP) is 4.57. The van der Waals surface area contributed by atoms with Gasteiger partial charge in [-0.3, -0.25) is 0 Å². The molecule has 2 fully saturated rings. The van der Waals surface area contributed by atoms with E-state index in [-0.39, 0.29) is 0 Å². The average molecular weight is 417 g/mol. The molecule has 1 atom stereocenters. The van der Waals surface area contributed by atoms with Crippen LogP contribution in [-0.2, 0) is 9.53 Å². The molecule has 0 heterocycles. The van der Waals surface area contributed by atoms with E-state index in [0.29, 0.717) is 5.75 Å². The van der Waals surface area contributed by atoms with Crippen molar-refractivity contribution in [3.63, 3.8) is 0 Å². The monoisotopic (exact) mass is 416 g/mol. The maximum atomic E-state index is 11.2. The van der Waals surface area contributed by atoms with Gasteiger partial charge in [-0.05, 0) is 52.7 Å². The summed E-state index contributed by atoms with van der Waals surface area (Å²) in [7, 11) is 0. The van der Waals surface area contributed by atoms with Crippen LogP contribution < -0.4 is 10.6 Å². The summed E-state index contributed by atoms with van der Waals surface area (Å²) >= 11 is 1.35. The molecule has 0 aromatic carbocycles. The van der Waals surface area contributed by atoms with Crippen molar-refractivity contribution in [1.29, 1.82) is 0 Å². The van der Waals surface area contributed by atoms with Crippen molar-refractivity contribution in [2.45, 2.75) is 109 Å². The summed E-state index contributed by atoms with van der Waals surface area (Å²) < 4.78 is 4.94. The van der Waals surface area contributed by atoms with E-state index in [2.05, 4.69) is 10.6 Å². The Morgan fingerprint density at radius 2 is 1.46 bits per heavy atom. The third kappa shape index (κ3) is 11.8. The van der Waals surface area contributed by atoms with Crippen molar-refractivity contribution in [2.75, 3.05) is 12.0 Å². The molecule has 0 aromatic rings. The molecule has 1 unspecified atom stereocenters. The number of carbonyl (C=O) groups excluding carboxylic acids is 1. The lowest BCUT2D eigenvalue weighted by molar-refractivity contribution is -0.138. The van der Waals surface area contributed by atoms with E-state index in [1.54, 1.807) is 27.0 Å². The SMILES string of the molecule is C1CCC(NC2CCCCC2)CC1.CSCC(NC(=O)OC(C)(C)C)C(=O)O. The molecular formula is C21H40N2O4S. The van der Waals surface area contributed by atoms with Gasteiger partial charge in [0.05, 0.1) is 0 Å². The minimum Gasteiger partial charge on any atom is -0.480 e. The largest absolute Gasteiger partial charge is 0.480 e. The van der Waals surface area contributed by atoms with Gasteiger partial charge in [0.2, 0.25) is 0 Å². The number of ether oxygens (including phenoxy) is 1. The third-order valence-corrected chi connectivity index (χ3v) is 5.67. The van der Waals surface area contributed by atoms with Crippen molar-refractivity contribution in [1.82, 2.24) is 10.6 Å². The van der Waals surface area contributed by atoms with E-state index in [1.165, 1.54) is 76.0 Å². The number of thioether (sulfide) groups is 1. The molecular weight excluding hydrogens is 376 g/mol. The molecule has 0 saturated heterocycles. The van der Waals surface area contributed by atoms with Crippen LogP contribution in [0, 0.1) is 0 Å². The Labute approximate surface area is 174 Å². The number of aliphatic carboxylic acids is 1. The van der Waals surface area contributed by atoms with Crippen molar-refractivity contribution >= 4 is 23.8 Å². The number of carbonyl (C=O) groups is 2. The van der Waals surface area contributed by atoms with Gasteiger partial charge in [0, 0.05) is 17.8 Å². The van der Waals surface area contributed by atoms with Crippen LogP contribution in [0.4, 0.5) is 4.79 Å². The van der Waals surface area contributed by atoms with Crippen molar-refractivity contribution < 1.29 is 19.4 Å². The van der Waals surface area contributed by atoms with Gasteiger partial charge in [0.15, 0.2) is 0 Å². The highest BCUT2D eigenvalue weighted by Crippen LogP contribution is 2.22. The van der Waals surface area contributed by atoms with E-state index in [9.17, 15) is 9.59 Å². The first-order valence-corrected chi connectivity index (χ1v) is 12.1. The normalized spacial score (nSPS) is 19.9. The number of rotatable bonds is 6. The van der Waals surface area contributed by atoms with Gasteiger partial charge >= 0.3 is 12.1 Å². The zero-order valence-electron chi connectivity index (χ0n) is 18.1. The summed E-state index contributed by atoms with van der Waals surface area (Å²) in [5.41, 5.74) is -0.619. The molecule has 2 aliphatic carbocycles. The Kier molecular flexibility index (Phi) is 11.9. The number of amides is 1. The predicted molar refractivity (Wildman–Crippen MR) is 116 cm³/mol. The van der Waals surface area contributed by atoms with Crippen LogP contribution in [0.2, 0.25) is 0 Å². The Hall–Kier alpha value is -0.950. The second kappa shape index (κ2) is 13.3. The minimum absolute atomic E-state index is 0.314. The molecule has 2 rings (SSSR count). The zero-order chi connectivity index (χ0) is 21.0. The van der Waals surface area contributed by atoms with Crippen molar-refractivity contribution in [3.8, 4) is 0 Å². The van der Waals surface area contributed by atoms with Crippen LogP contribution in [0.1, 0.15) is 85.0 Å². The molecule has 28 heavy (non-hydrogen) atoms. The van der Waals surface area contributed by atoms with Crippen molar-refractivity contribution in [2.24, 2.45) is 0 Å². The lowest BCUT2D eigenvalue weighted by Gasteiger charge is -2.30. The fourth-order valence-corrected chi connectivity index (χ4v) is 4.22. The number of hydrogen-bond acceptors (Lipinski definition) is 5. The Morgan fingerprint density at radius 3 is 1.82 bits per heavy atom. The van der Waals surface area contributed by atoms with Crippen LogP contribution in [0.5, 0.6) is 0 Å². The van der Waals surface area contributed by atoms with E-state index in [0.717, 1.165) is 12.1 Å². The highest BCUT2D eigenvalue weighted by Gasteiger charge is 2.23. The molecule has 1 amide bonds.